The summed E-state index contributed by atoms with van der Waals surface area (Å²) in [5.41, 5.74) is 3.21. The Labute approximate surface area is 174 Å². The van der Waals surface area contributed by atoms with Crippen molar-refractivity contribution in [1.29, 1.82) is 0 Å². The van der Waals surface area contributed by atoms with Crippen LogP contribution in [0, 0.1) is 13.8 Å². The Kier molecular flexibility index (Phi) is 5.35. The summed E-state index contributed by atoms with van der Waals surface area (Å²) in [6.07, 6.45) is 0.416. The van der Waals surface area contributed by atoms with Crippen LogP contribution < -0.4 is 10.2 Å². The van der Waals surface area contributed by atoms with Crippen molar-refractivity contribution in [1.82, 2.24) is 4.90 Å². The fourth-order valence-electron chi connectivity index (χ4n) is 4.24. The lowest BCUT2D eigenvalue weighted by Crippen LogP contribution is -2.31. The second-order valence-corrected chi connectivity index (χ2v) is 7.61. The van der Waals surface area contributed by atoms with Gasteiger partial charge in [0.15, 0.2) is 5.43 Å². The van der Waals surface area contributed by atoms with Gasteiger partial charge in [0.25, 0.3) is 5.91 Å². The Bertz CT molecular complexity index is 1160. The van der Waals surface area contributed by atoms with Crippen molar-refractivity contribution in [3.05, 3.63) is 74.6 Å². The van der Waals surface area contributed by atoms with Gasteiger partial charge in [-0.05, 0) is 62.1 Å². The number of amides is 1. The Balaban J connectivity index is 1.93. The van der Waals surface area contributed by atoms with Gasteiger partial charge in [0.1, 0.15) is 11.3 Å². The number of fused-ring (bicyclic) bond motifs is 2. The number of aliphatic hydroxyl groups is 1. The summed E-state index contributed by atoms with van der Waals surface area (Å²) in [6.45, 7) is 6.56. The van der Waals surface area contributed by atoms with Crippen molar-refractivity contribution in [2.24, 2.45) is 0 Å². The number of hydrogen-bond donors (Lipinski definition) is 1. The van der Waals surface area contributed by atoms with E-state index in [0.717, 1.165) is 22.4 Å². The van der Waals surface area contributed by atoms with Crippen LogP contribution >= 0.6 is 0 Å². The molecular weight excluding hydrogens is 382 g/mol. The summed E-state index contributed by atoms with van der Waals surface area (Å²) in [6, 6.07) is 10.6. The Morgan fingerprint density at radius 1 is 1.13 bits per heavy atom. The third kappa shape index (κ3) is 3.27. The third-order valence-electron chi connectivity index (χ3n) is 5.48. The highest BCUT2D eigenvalue weighted by Crippen LogP contribution is 2.39. The molecule has 1 atom stereocenters. The van der Waals surface area contributed by atoms with Crippen molar-refractivity contribution in [3.8, 4) is 5.75 Å². The minimum Gasteiger partial charge on any atom is -0.494 e. The second-order valence-electron chi connectivity index (χ2n) is 7.61. The fourth-order valence-corrected chi connectivity index (χ4v) is 4.24. The Hall–Kier alpha value is -3.12. The van der Waals surface area contributed by atoms with E-state index < -0.39 is 6.04 Å². The molecular formula is C24H25NO5. The minimum absolute atomic E-state index is 0.0439. The normalized spacial score (nSPS) is 15.7. The van der Waals surface area contributed by atoms with Crippen molar-refractivity contribution < 1.29 is 19.1 Å². The van der Waals surface area contributed by atoms with Gasteiger partial charge in [0.2, 0.25) is 5.76 Å². The van der Waals surface area contributed by atoms with Gasteiger partial charge >= 0.3 is 0 Å². The van der Waals surface area contributed by atoms with Crippen LogP contribution in [0.4, 0.5) is 0 Å². The highest BCUT2D eigenvalue weighted by atomic mass is 16.5. The van der Waals surface area contributed by atoms with Gasteiger partial charge in [0.05, 0.1) is 23.6 Å². The number of carbonyl (C=O) groups excluding carboxylic acids is 1. The summed E-state index contributed by atoms with van der Waals surface area (Å²) < 4.78 is 11.5. The number of carbonyl (C=O) groups is 1. The van der Waals surface area contributed by atoms with Gasteiger partial charge in [-0.1, -0.05) is 18.2 Å². The predicted octanol–water partition coefficient (Wildman–Crippen LogP) is 3.74. The van der Waals surface area contributed by atoms with Gasteiger partial charge < -0.3 is 19.2 Å². The van der Waals surface area contributed by atoms with E-state index >= 15 is 0 Å². The number of hydrogen-bond acceptors (Lipinski definition) is 5. The van der Waals surface area contributed by atoms with E-state index in [2.05, 4.69) is 0 Å². The lowest BCUT2D eigenvalue weighted by Gasteiger charge is -2.25. The Morgan fingerprint density at radius 3 is 2.53 bits per heavy atom. The van der Waals surface area contributed by atoms with Crippen molar-refractivity contribution in [2.75, 3.05) is 19.8 Å². The van der Waals surface area contributed by atoms with Gasteiger partial charge in [-0.2, -0.15) is 0 Å². The molecule has 2 aromatic carbocycles. The Morgan fingerprint density at radius 2 is 1.87 bits per heavy atom. The zero-order valence-electron chi connectivity index (χ0n) is 17.4. The molecule has 3 aromatic rings. The molecule has 1 unspecified atom stereocenters. The average Bonchev–Trinajstić information content (AvgIpc) is 2.99. The lowest BCUT2D eigenvalue weighted by molar-refractivity contribution is 0.0716. The largest absolute Gasteiger partial charge is 0.494 e. The van der Waals surface area contributed by atoms with Crippen LogP contribution in [0.15, 0.2) is 45.6 Å². The molecule has 0 fully saturated rings. The molecule has 0 spiro atoms. The minimum atomic E-state index is -0.559. The molecule has 0 bridgehead atoms. The van der Waals surface area contributed by atoms with Gasteiger partial charge in [0, 0.05) is 13.2 Å². The lowest BCUT2D eigenvalue weighted by atomic mass is 9.97. The van der Waals surface area contributed by atoms with E-state index in [9.17, 15) is 14.7 Å². The molecule has 0 radical (unpaired) electrons. The molecule has 4 rings (SSSR count). The van der Waals surface area contributed by atoms with E-state index in [0.29, 0.717) is 36.1 Å². The van der Waals surface area contributed by atoms with Crippen LogP contribution in [0.25, 0.3) is 11.0 Å². The van der Waals surface area contributed by atoms with Crippen LogP contribution in [-0.2, 0) is 0 Å². The van der Waals surface area contributed by atoms with Crippen molar-refractivity contribution in [3.63, 3.8) is 0 Å². The second kappa shape index (κ2) is 7.95. The highest BCUT2D eigenvalue weighted by molar-refractivity contribution is 5.99. The molecule has 0 aliphatic carbocycles. The first kappa shape index (κ1) is 20.2. The SMILES string of the molecule is CCOc1ccc(C2c3c(oc4cc(C)cc(C)c4c3=O)C(=O)N2CCCO)cc1. The molecule has 156 valence electrons. The number of benzene rings is 2. The van der Waals surface area contributed by atoms with Crippen LogP contribution in [0.3, 0.4) is 0 Å². The van der Waals surface area contributed by atoms with Gasteiger partial charge in [-0.25, -0.2) is 0 Å². The summed E-state index contributed by atoms with van der Waals surface area (Å²) in [4.78, 5) is 28.4. The average molecular weight is 407 g/mol. The maximum Gasteiger partial charge on any atom is 0.290 e. The third-order valence-corrected chi connectivity index (χ3v) is 5.48. The molecule has 1 amide bonds. The summed E-state index contributed by atoms with van der Waals surface area (Å²) in [5, 5.41) is 9.82. The van der Waals surface area contributed by atoms with E-state index in [-0.39, 0.29) is 23.7 Å². The van der Waals surface area contributed by atoms with Crippen LogP contribution in [0.1, 0.15) is 52.2 Å². The molecule has 2 heterocycles. The van der Waals surface area contributed by atoms with E-state index in [1.165, 1.54) is 0 Å². The van der Waals surface area contributed by atoms with Crippen molar-refractivity contribution in [2.45, 2.75) is 33.2 Å². The van der Waals surface area contributed by atoms with E-state index in [1.54, 1.807) is 11.0 Å². The molecule has 0 saturated heterocycles. The first-order valence-electron chi connectivity index (χ1n) is 10.2. The molecule has 1 aliphatic rings. The maximum absolute atomic E-state index is 13.6. The number of nitrogens with zero attached hydrogens (tertiary/aromatic N) is 1. The van der Waals surface area contributed by atoms with Crippen LogP contribution in [0.5, 0.6) is 5.75 Å². The van der Waals surface area contributed by atoms with E-state index in [1.807, 2.05) is 51.1 Å². The summed E-state index contributed by atoms with van der Waals surface area (Å²) in [7, 11) is 0. The molecule has 30 heavy (non-hydrogen) atoms. The van der Waals surface area contributed by atoms with Gasteiger partial charge in [-0.3, -0.25) is 9.59 Å². The zero-order valence-corrected chi connectivity index (χ0v) is 17.4. The smallest absolute Gasteiger partial charge is 0.290 e. The first-order valence-corrected chi connectivity index (χ1v) is 10.2. The number of aryl methyl sites for hydroxylation is 2. The van der Waals surface area contributed by atoms with Crippen LogP contribution in [0.2, 0.25) is 0 Å². The summed E-state index contributed by atoms with van der Waals surface area (Å²) in [5.74, 6) is 0.495. The molecule has 6 nitrogen and oxygen atoms in total. The van der Waals surface area contributed by atoms with E-state index in [4.69, 9.17) is 9.15 Å². The molecule has 1 aliphatic heterocycles. The van der Waals surface area contributed by atoms with Gasteiger partial charge in [-0.15, -0.1) is 0 Å². The van der Waals surface area contributed by atoms with Crippen LogP contribution in [-0.4, -0.2) is 35.7 Å². The highest BCUT2D eigenvalue weighted by Gasteiger charge is 2.42. The predicted molar refractivity (Wildman–Crippen MR) is 114 cm³/mol. The molecule has 1 N–H and O–H groups in total. The maximum atomic E-state index is 13.6. The molecule has 0 saturated carbocycles. The monoisotopic (exact) mass is 407 g/mol. The molecule has 1 aromatic heterocycles. The standard InChI is InChI=1S/C24H25NO5/c1-4-29-17-8-6-16(7-9-17)21-20-22(27)19-15(3)12-14(2)13-18(19)30-23(20)24(28)25(21)10-5-11-26/h6-9,12-13,21,26H,4-5,10-11H2,1-3H3. The number of rotatable bonds is 6. The quantitative estimate of drug-likeness (QED) is 0.673. The number of aliphatic hydroxyl groups excluding tert-OH is 1. The number of ether oxygens (including phenoxy) is 1. The fraction of sp³-hybridized carbons (Fsp3) is 0.333. The first-order chi connectivity index (χ1) is 14.5. The van der Waals surface area contributed by atoms with Crippen molar-refractivity contribution >= 4 is 16.9 Å². The molecule has 6 heteroatoms. The topological polar surface area (TPSA) is 80.0 Å². The zero-order chi connectivity index (χ0) is 21.4. The summed E-state index contributed by atoms with van der Waals surface area (Å²) >= 11 is 0.